The van der Waals surface area contributed by atoms with E-state index in [4.69, 9.17) is 9.47 Å². The molecule has 0 aliphatic carbocycles. The second kappa shape index (κ2) is 28.7. The third-order valence-corrected chi connectivity index (χ3v) is 13.4. The molecule has 0 aromatic heterocycles. The lowest BCUT2D eigenvalue weighted by molar-refractivity contribution is -0.145. The Kier molecular flexibility index (Phi) is 20.8. The van der Waals surface area contributed by atoms with Crippen LogP contribution in [0.4, 0.5) is 4.79 Å². The number of aromatic hydroxyl groups is 9. The quantitative estimate of drug-likeness (QED) is 0.0389. The van der Waals surface area contributed by atoms with Gasteiger partial charge in [0.1, 0.15) is 94.6 Å². The molecule has 0 heterocycles. The van der Waals surface area contributed by atoms with Crippen molar-refractivity contribution in [3.8, 4) is 51.7 Å². The molecular weight excluding hydrogens is 1150 g/mol. The zero-order chi connectivity index (χ0) is 63.9. The number of nitrogens with one attached hydrogen (secondary N) is 7. The average molecular weight is 1210 g/mol. The van der Waals surface area contributed by atoms with Crippen molar-refractivity contribution in [3.63, 3.8) is 0 Å². The minimum absolute atomic E-state index is 0.0783. The molecule has 7 atom stereocenters. The molecule has 7 amide bonds. The Morgan fingerprint density at radius 2 is 0.636 bits per heavy atom. The Morgan fingerprint density at radius 1 is 0.341 bits per heavy atom. The van der Waals surface area contributed by atoms with Crippen LogP contribution in [0.1, 0.15) is 89.0 Å². The molecule has 0 aliphatic rings. The number of hydrogen-bond donors (Lipinski definition) is 16. The van der Waals surface area contributed by atoms with Crippen LogP contribution in [0.5, 0.6) is 51.7 Å². The van der Waals surface area contributed by atoms with Gasteiger partial charge in [-0.05, 0) is 118 Å². The van der Waals surface area contributed by atoms with Gasteiger partial charge in [-0.15, -0.1) is 0 Å². The van der Waals surface area contributed by atoms with Crippen molar-refractivity contribution in [2.24, 2.45) is 5.92 Å². The lowest BCUT2D eigenvalue weighted by Crippen LogP contribution is -2.55. The number of alkyl carbamates (subject to hydrolysis) is 1. The normalized spacial score (nSPS) is 13.3. The molecule has 0 fully saturated rings. The van der Waals surface area contributed by atoms with Crippen molar-refractivity contribution < 1.29 is 93.8 Å². The molecular formula is C62H61N7O19. The van der Waals surface area contributed by atoms with E-state index in [1.165, 1.54) is 74.5 Å². The van der Waals surface area contributed by atoms with E-state index in [0.29, 0.717) is 5.56 Å². The third-order valence-electron chi connectivity index (χ3n) is 13.4. The van der Waals surface area contributed by atoms with Crippen LogP contribution in [0.15, 0.2) is 158 Å². The van der Waals surface area contributed by atoms with E-state index in [1.807, 2.05) is 0 Å². The number of methoxy groups -OCH3 is 1. The fraction of sp³-hybridized carbons (Fsp3) is 0.194. The summed E-state index contributed by atoms with van der Waals surface area (Å²) >= 11 is 0. The number of esters is 1. The maximum absolute atomic E-state index is 15.0. The van der Waals surface area contributed by atoms with E-state index >= 15 is 0 Å². The Bertz CT molecular complexity index is 3620. The smallest absolute Gasteiger partial charge is 0.408 e. The van der Waals surface area contributed by atoms with Gasteiger partial charge < -0.3 is 92.6 Å². The lowest BCUT2D eigenvalue weighted by Gasteiger charge is -2.29. The molecule has 26 heteroatoms. The molecule has 0 unspecified atom stereocenters. The van der Waals surface area contributed by atoms with Crippen LogP contribution < -0.4 is 37.2 Å². The van der Waals surface area contributed by atoms with Crippen LogP contribution in [0.3, 0.4) is 0 Å². The third kappa shape index (κ3) is 17.0. The highest BCUT2D eigenvalue weighted by Gasteiger charge is 2.38. The molecule has 0 saturated carbocycles. The predicted octanol–water partition coefficient (Wildman–Crippen LogP) is 4.61. The molecule has 0 radical (unpaired) electrons. The summed E-state index contributed by atoms with van der Waals surface area (Å²) in [6.07, 6.45) is -1.09. The fourth-order valence-electron chi connectivity index (χ4n) is 9.04. The number of benzene rings is 7. The molecule has 0 saturated heterocycles. The standard InChI is InChI=1S/C62H61N7O19/c1-31(2)48(63-58(82)51(36-21-42(73)27-43(74)22-36)67-57(81)50(34-11-17-40(71)18-12-34)69-62(86)88-30-32-7-5-4-6-8-32)55(79)65-52(37-23-44(75)28-45(76)24-37)59(83)64-49(33-9-15-39(70)16-10-33)56(80)66-53(38-25-46(77)29-47(78)26-38)60(84)68-54(61(85)87-3)35-13-19-41(72)20-14-35/h4-29,31,48-54,70-78H,30H2,1-3H3,(H,63,82)(H,64,83)(H,65,79)(H,66,80)(H,67,81)(H,68,84)(H,69,86)/t48-,49-,50+,51+,52+,53+,54-/m1/s1. The Morgan fingerprint density at radius 3 is 0.977 bits per heavy atom. The van der Waals surface area contributed by atoms with Crippen molar-refractivity contribution >= 4 is 47.5 Å². The molecule has 458 valence electrons. The van der Waals surface area contributed by atoms with Crippen molar-refractivity contribution in [1.29, 1.82) is 0 Å². The molecule has 7 aromatic rings. The first-order valence-electron chi connectivity index (χ1n) is 26.7. The van der Waals surface area contributed by atoms with Gasteiger partial charge in [0, 0.05) is 18.2 Å². The van der Waals surface area contributed by atoms with E-state index in [-0.39, 0.29) is 57.2 Å². The van der Waals surface area contributed by atoms with Crippen molar-refractivity contribution in [2.45, 2.75) is 62.7 Å². The fourth-order valence-corrected chi connectivity index (χ4v) is 9.04. The van der Waals surface area contributed by atoms with Crippen molar-refractivity contribution in [3.05, 3.63) is 197 Å². The summed E-state index contributed by atoms with van der Waals surface area (Å²) in [5, 5.41) is 111. The first-order valence-corrected chi connectivity index (χ1v) is 26.7. The summed E-state index contributed by atoms with van der Waals surface area (Å²) < 4.78 is 10.3. The van der Waals surface area contributed by atoms with Crippen LogP contribution in [0.25, 0.3) is 0 Å². The number of rotatable bonds is 23. The van der Waals surface area contributed by atoms with E-state index in [9.17, 15) is 84.3 Å². The second-order valence-electron chi connectivity index (χ2n) is 20.2. The predicted molar refractivity (Wildman–Crippen MR) is 309 cm³/mol. The van der Waals surface area contributed by atoms with E-state index in [0.717, 1.165) is 73.8 Å². The summed E-state index contributed by atoms with van der Waals surface area (Å²) in [6.45, 7) is 2.73. The summed E-state index contributed by atoms with van der Waals surface area (Å²) in [4.78, 5) is 115. The molecule has 7 rings (SSSR count). The largest absolute Gasteiger partial charge is 0.508 e. The summed E-state index contributed by atoms with van der Waals surface area (Å²) in [7, 11) is 1.03. The number of carbonyl (C=O) groups is 8. The van der Waals surface area contributed by atoms with Crippen LogP contribution in [0.2, 0.25) is 0 Å². The SMILES string of the molecule is COC(=O)[C@H](NC(=O)[C@@H](NC(=O)[C@H](NC(=O)[C@@H](NC(=O)[C@H](NC(=O)[C@@H](NC(=O)[C@@H](NC(=O)OCc1ccccc1)c1ccc(O)cc1)c1cc(O)cc(O)c1)C(C)C)c1cc(O)cc(O)c1)c1ccc(O)cc1)c1cc(O)cc(O)c1)c1ccc(O)cc1. The molecule has 0 bridgehead atoms. The van der Waals surface area contributed by atoms with Crippen molar-refractivity contribution in [1.82, 2.24) is 37.2 Å². The van der Waals surface area contributed by atoms with Gasteiger partial charge in [0.25, 0.3) is 0 Å². The van der Waals surface area contributed by atoms with Gasteiger partial charge in [-0.1, -0.05) is 80.6 Å². The van der Waals surface area contributed by atoms with Gasteiger partial charge in [0.05, 0.1) is 7.11 Å². The first kappa shape index (κ1) is 63.9. The monoisotopic (exact) mass is 1210 g/mol. The topological polar surface area (TPSA) is 421 Å². The van der Waals surface area contributed by atoms with E-state index in [2.05, 4.69) is 37.2 Å². The highest BCUT2D eigenvalue weighted by atomic mass is 16.5. The number of ether oxygens (including phenoxy) is 2. The highest BCUT2D eigenvalue weighted by Crippen LogP contribution is 2.32. The number of carbonyl (C=O) groups excluding carboxylic acids is 8. The molecule has 0 aliphatic heterocycles. The van der Waals surface area contributed by atoms with Crippen LogP contribution >= 0.6 is 0 Å². The van der Waals surface area contributed by atoms with Crippen LogP contribution in [-0.4, -0.2) is 107 Å². The second-order valence-corrected chi connectivity index (χ2v) is 20.2. The van der Waals surface area contributed by atoms with Crippen LogP contribution in [0, 0.1) is 5.92 Å². The molecule has 26 nitrogen and oxygen atoms in total. The Hall–Kier alpha value is -11.7. The van der Waals surface area contributed by atoms with Crippen LogP contribution in [-0.2, 0) is 49.6 Å². The molecule has 0 spiro atoms. The number of phenols is 9. The minimum atomic E-state index is -2.03. The number of amides is 7. The number of hydrogen-bond acceptors (Lipinski definition) is 19. The Balaban J connectivity index is 1.20. The van der Waals surface area contributed by atoms with Gasteiger partial charge in [-0.25, -0.2) is 9.59 Å². The highest BCUT2D eigenvalue weighted by molar-refractivity contribution is 5.99. The minimum Gasteiger partial charge on any atom is -0.508 e. The Labute approximate surface area is 501 Å². The zero-order valence-corrected chi connectivity index (χ0v) is 46.9. The summed E-state index contributed by atoms with van der Waals surface area (Å²) in [5.41, 5.74) is -0.158. The molecule has 16 N–H and O–H groups in total. The molecule has 7 aromatic carbocycles. The van der Waals surface area contributed by atoms with Gasteiger partial charge >= 0.3 is 12.1 Å². The van der Waals surface area contributed by atoms with Gasteiger partial charge in [-0.3, -0.25) is 28.8 Å². The zero-order valence-electron chi connectivity index (χ0n) is 46.9. The van der Waals surface area contributed by atoms with E-state index < -0.39 is 130 Å². The van der Waals surface area contributed by atoms with Crippen molar-refractivity contribution in [2.75, 3.05) is 7.11 Å². The maximum Gasteiger partial charge on any atom is 0.408 e. The van der Waals surface area contributed by atoms with Gasteiger partial charge in [0.15, 0.2) is 6.04 Å². The lowest BCUT2D eigenvalue weighted by atomic mass is 9.98. The summed E-state index contributed by atoms with van der Waals surface area (Å²) in [5.74, 6) is -13.2. The maximum atomic E-state index is 15.0. The number of phenolic OH excluding ortho intramolecular Hbond substituents is 9. The first-order chi connectivity index (χ1) is 41.8. The van der Waals surface area contributed by atoms with Gasteiger partial charge in [0.2, 0.25) is 35.4 Å². The molecule has 88 heavy (non-hydrogen) atoms. The summed E-state index contributed by atoms with van der Waals surface area (Å²) in [6, 6.07) is 19.3. The van der Waals surface area contributed by atoms with E-state index in [1.54, 1.807) is 30.3 Å². The average Bonchev–Trinajstić information content (AvgIpc) is 2.03. The van der Waals surface area contributed by atoms with Gasteiger partial charge in [-0.2, -0.15) is 0 Å².